The molecule has 2 rings (SSSR count). The van der Waals surface area contributed by atoms with E-state index in [1.54, 1.807) is 18.2 Å². The Kier molecular flexibility index (Phi) is 3.89. The zero-order valence-electron chi connectivity index (χ0n) is 10.7. The molecule has 7 heteroatoms. The maximum Gasteiger partial charge on any atom is 0.238 e. The summed E-state index contributed by atoms with van der Waals surface area (Å²) in [6.45, 7) is 1.86. The molecule has 0 spiro atoms. The van der Waals surface area contributed by atoms with Crippen molar-refractivity contribution in [1.82, 2.24) is 0 Å². The Morgan fingerprint density at radius 3 is 2.55 bits per heavy atom. The maximum absolute atomic E-state index is 11.4. The second-order valence-corrected chi connectivity index (χ2v) is 6.34. The molecule has 0 saturated heterocycles. The van der Waals surface area contributed by atoms with E-state index in [2.05, 4.69) is 5.32 Å². The van der Waals surface area contributed by atoms with Gasteiger partial charge in [0.15, 0.2) is 0 Å². The molecular weight excluding hydrogens is 298 g/mol. The summed E-state index contributed by atoms with van der Waals surface area (Å²) in [5, 5.41) is 8.81. The summed E-state index contributed by atoms with van der Waals surface area (Å²) in [6.07, 6.45) is 0. The van der Waals surface area contributed by atoms with E-state index in [1.807, 2.05) is 13.0 Å². The summed E-state index contributed by atoms with van der Waals surface area (Å²) in [4.78, 5) is -0.0420. The van der Waals surface area contributed by atoms with Gasteiger partial charge < -0.3 is 11.1 Å². The van der Waals surface area contributed by atoms with Crippen LogP contribution in [0, 0.1) is 6.92 Å². The summed E-state index contributed by atoms with van der Waals surface area (Å²) in [5.74, 6) is 0. The van der Waals surface area contributed by atoms with Crippen molar-refractivity contribution in [2.75, 3.05) is 11.1 Å². The second-order valence-electron chi connectivity index (χ2n) is 4.37. The van der Waals surface area contributed by atoms with Gasteiger partial charge in [-0.25, -0.2) is 13.6 Å². The fraction of sp³-hybridized carbons (Fsp3) is 0.0769. The number of primary sulfonamides is 1. The SMILES string of the molecule is Cc1c(Cl)cccc1Nc1cc(N)cc(S(N)(=O)=O)c1. The van der Waals surface area contributed by atoms with Gasteiger partial charge in [-0.05, 0) is 42.8 Å². The number of hydrogen-bond donors (Lipinski definition) is 3. The first kappa shape index (κ1) is 14.6. The van der Waals surface area contributed by atoms with Gasteiger partial charge in [-0.3, -0.25) is 0 Å². The van der Waals surface area contributed by atoms with Crippen LogP contribution < -0.4 is 16.2 Å². The van der Waals surface area contributed by atoms with Crippen LogP contribution >= 0.6 is 11.6 Å². The Hall–Kier alpha value is -1.76. The van der Waals surface area contributed by atoms with Crippen LogP contribution in [-0.2, 0) is 10.0 Å². The van der Waals surface area contributed by atoms with Crippen molar-refractivity contribution in [1.29, 1.82) is 0 Å². The molecule has 106 valence electrons. The lowest BCUT2D eigenvalue weighted by atomic mass is 10.2. The van der Waals surface area contributed by atoms with Gasteiger partial charge in [-0.15, -0.1) is 0 Å². The third-order valence-corrected chi connectivity index (χ3v) is 4.11. The van der Waals surface area contributed by atoms with Crippen LogP contribution in [-0.4, -0.2) is 8.42 Å². The third-order valence-electron chi connectivity index (χ3n) is 2.80. The van der Waals surface area contributed by atoms with Crippen LogP contribution in [0.1, 0.15) is 5.56 Å². The summed E-state index contributed by atoms with van der Waals surface area (Å²) in [7, 11) is -3.80. The van der Waals surface area contributed by atoms with Crippen molar-refractivity contribution in [3.05, 3.63) is 47.0 Å². The van der Waals surface area contributed by atoms with Gasteiger partial charge in [0.05, 0.1) is 4.90 Å². The van der Waals surface area contributed by atoms with Crippen molar-refractivity contribution in [3.8, 4) is 0 Å². The van der Waals surface area contributed by atoms with Gasteiger partial charge in [-0.2, -0.15) is 0 Å². The Labute approximate surface area is 122 Å². The summed E-state index contributed by atoms with van der Waals surface area (Å²) in [6, 6.07) is 9.76. The molecule has 0 amide bonds. The first-order chi connectivity index (χ1) is 9.27. The van der Waals surface area contributed by atoms with Crippen LogP contribution in [0.3, 0.4) is 0 Å². The van der Waals surface area contributed by atoms with Gasteiger partial charge >= 0.3 is 0 Å². The quantitative estimate of drug-likeness (QED) is 0.759. The highest BCUT2D eigenvalue weighted by Gasteiger charge is 2.11. The molecule has 0 aromatic heterocycles. The fourth-order valence-corrected chi connectivity index (χ4v) is 2.52. The lowest BCUT2D eigenvalue weighted by molar-refractivity contribution is 0.598. The molecule has 0 saturated carbocycles. The lowest BCUT2D eigenvalue weighted by Gasteiger charge is -2.12. The molecule has 0 fully saturated rings. The van der Waals surface area contributed by atoms with E-state index in [9.17, 15) is 8.42 Å². The molecule has 0 heterocycles. The van der Waals surface area contributed by atoms with Crippen molar-refractivity contribution < 1.29 is 8.42 Å². The molecule has 0 aliphatic heterocycles. The minimum absolute atomic E-state index is 0.0420. The van der Waals surface area contributed by atoms with Crippen molar-refractivity contribution in [2.24, 2.45) is 5.14 Å². The molecule has 0 unspecified atom stereocenters. The number of halogens is 1. The summed E-state index contributed by atoms with van der Waals surface area (Å²) >= 11 is 6.03. The average Bonchev–Trinajstić information content (AvgIpc) is 2.33. The van der Waals surface area contributed by atoms with Crippen molar-refractivity contribution in [3.63, 3.8) is 0 Å². The van der Waals surface area contributed by atoms with E-state index in [-0.39, 0.29) is 4.90 Å². The number of nitrogen functional groups attached to an aromatic ring is 1. The number of rotatable bonds is 3. The molecule has 2 aromatic rings. The lowest BCUT2D eigenvalue weighted by Crippen LogP contribution is -2.12. The number of benzene rings is 2. The van der Waals surface area contributed by atoms with Crippen LogP contribution in [0.15, 0.2) is 41.3 Å². The second kappa shape index (κ2) is 5.32. The minimum atomic E-state index is -3.80. The van der Waals surface area contributed by atoms with E-state index in [0.717, 1.165) is 11.3 Å². The first-order valence-corrected chi connectivity index (χ1v) is 7.65. The average molecular weight is 312 g/mol. The summed E-state index contributed by atoms with van der Waals surface area (Å²) in [5.41, 5.74) is 8.15. The van der Waals surface area contributed by atoms with Crippen LogP contribution in [0.2, 0.25) is 5.02 Å². The Bertz CT molecular complexity index is 760. The molecule has 2 aromatic carbocycles. The van der Waals surface area contributed by atoms with Gasteiger partial charge in [0.2, 0.25) is 10.0 Å². The molecular formula is C13H14ClN3O2S. The topological polar surface area (TPSA) is 98.2 Å². The highest BCUT2D eigenvalue weighted by molar-refractivity contribution is 7.89. The number of nitrogens with one attached hydrogen (secondary N) is 1. The zero-order valence-corrected chi connectivity index (χ0v) is 12.3. The molecule has 0 atom stereocenters. The standard InChI is InChI=1S/C13H14ClN3O2S/c1-8-12(14)3-2-4-13(8)17-10-5-9(15)6-11(7-10)20(16,18)19/h2-7,17H,15H2,1H3,(H2,16,18,19). The molecule has 0 bridgehead atoms. The van der Waals surface area contributed by atoms with E-state index in [0.29, 0.717) is 16.4 Å². The van der Waals surface area contributed by atoms with Gasteiger partial charge in [0.1, 0.15) is 0 Å². The number of nitrogens with two attached hydrogens (primary N) is 2. The highest BCUT2D eigenvalue weighted by atomic mass is 35.5. The molecule has 0 aliphatic carbocycles. The Balaban J connectivity index is 2.44. The molecule has 20 heavy (non-hydrogen) atoms. The van der Waals surface area contributed by atoms with Crippen LogP contribution in [0.5, 0.6) is 0 Å². The van der Waals surface area contributed by atoms with E-state index in [1.165, 1.54) is 12.1 Å². The predicted octanol–water partition coefficient (Wildman–Crippen LogP) is 2.62. The zero-order chi connectivity index (χ0) is 14.9. The number of sulfonamides is 1. The number of hydrogen-bond acceptors (Lipinski definition) is 4. The van der Waals surface area contributed by atoms with E-state index in [4.69, 9.17) is 22.5 Å². The Morgan fingerprint density at radius 2 is 1.90 bits per heavy atom. The Morgan fingerprint density at radius 1 is 1.20 bits per heavy atom. The highest BCUT2D eigenvalue weighted by Crippen LogP contribution is 2.28. The molecule has 0 radical (unpaired) electrons. The third kappa shape index (κ3) is 3.22. The predicted molar refractivity (Wildman–Crippen MR) is 81.7 cm³/mol. The maximum atomic E-state index is 11.4. The summed E-state index contributed by atoms with van der Waals surface area (Å²) < 4.78 is 22.8. The normalized spacial score (nSPS) is 11.3. The molecule has 5 N–H and O–H groups in total. The van der Waals surface area contributed by atoms with E-state index < -0.39 is 10.0 Å². The molecule has 5 nitrogen and oxygen atoms in total. The smallest absolute Gasteiger partial charge is 0.238 e. The van der Waals surface area contributed by atoms with Crippen molar-refractivity contribution in [2.45, 2.75) is 11.8 Å². The van der Waals surface area contributed by atoms with Gasteiger partial charge in [0.25, 0.3) is 0 Å². The number of anilines is 3. The first-order valence-electron chi connectivity index (χ1n) is 5.73. The van der Waals surface area contributed by atoms with Crippen molar-refractivity contribution >= 4 is 38.7 Å². The van der Waals surface area contributed by atoms with Crippen LogP contribution in [0.4, 0.5) is 17.1 Å². The molecule has 0 aliphatic rings. The van der Waals surface area contributed by atoms with Gasteiger partial charge in [-0.1, -0.05) is 17.7 Å². The largest absolute Gasteiger partial charge is 0.399 e. The van der Waals surface area contributed by atoms with E-state index >= 15 is 0 Å². The van der Waals surface area contributed by atoms with Crippen LogP contribution in [0.25, 0.3) is 0 Å². The monoisotopic (exact) mass is 311 g/mol. The van der Waals surface area contributed by atoms with Gasteiger partial charge in [0, 0.05) is 22.1 Å². The fourth-order valence-electron chi connectivity index (χ4n) is 1.76. The minimum Gasteiger partial charge on any atom is -0.399 e.